The molecule has 2 aromatic heterocycles. The van der Waals surface area contributed by atoms with Gasteiger partial charge in [-0.1, -0.05) is 0 Å². The quantitative estimate of drug-likeness (QED) is 0.555. The van der Waals surface area contributed by atoms with E-state index in [4.69, 9.17) is 5.84 Å². The van der Waals surface area contributed by atoms with Gasteiger partial charge in [0.25, 0.3) is 10.0 Å². The lowest BCUT2D eigenvalue weighted by atomic mass is 10.4. The molecular formula is C10H12N6O2S2. The van der Waals surface area contributed by atoms with Crippen molar-refractivity contribution < 1.29 is 8.42 Å². The first-order chi connectivity index (χ1) is 9.58. The van der Waals surface area contributed by atoms with Crippen LogP contribution in [0.5, 0.6) is 0 Å². The van der Waals surface area contributed by atoms with Gasteiger partial charge in [0, 0.05) is 4.88 Å². The smallest absolute Gasteiger partial charge is 0.266 e. The van der Waals surface area contributed by atoms with Crippen LogP contribution in [-0.4, -0.2) is 23.4 Å². The summed E-state index contributed by atoms with van der Waals surface area (Å²) in [7, 11) is -3.72. The Labute approximate surface area is 119 Å². The minimum Gasteiger partial charge on any atom is -0.292 e. The Hall–Kier alpha value is -1.78. The van der Waals surface area contributed by atoms with Gasteiger partial charge < -0.3 is 0 Å². The van der Waals surface area contributed by atoms with E-state index in [2.05, 4.69) is 25.1 Å². The highest BCUT2D eigenvalue weighted by atomic mass is 32.2. The minimum absolute atomic E-state index is 0.0353. The molecule has 8 nitrogen and oxygen atoms in total. The van der Waals surface area contributed by atoms with E-state index < -0.39 is 10.0 Å². The summed E-state index contributed by atoms with van der Waals surface area (Å²) in [6, 6.07) is 0. The monoisotopic (exact) mass is 312 g/mol. The summed E-state index contributed by atoms with van der Waals surface area (Å²) >= 11 is 1.38. The number of nitrogen functional groups attached to an aromatic ring is 1. The molecule has 0 aromatic carbocycles. The number of nitrogens with one attached hydrogen (secondary N) is 2. The molecule has 0 unspecified atom stereocenters. The van der Waals surface area contributed by atoms with E-state index in [1.807, 2.05) is 0 Å². The lowest BCUT2D eigenvalue weighted by molar-refractivity contribution is 0.600. The number of fused-ring (bicyclic) bond motifs is 1. The van der Waals surface area contributed by atoms with Crippen LogP contribution in [0.4, 0.5) is 11.1 Å². The van der Waals surface area contributed by atoms with Gasteiger partial charge in [0.05, 0.1) is 18.1 Å². The summed E-state index contributed by atoms with van der Waals surface area (Å²) in [6.45, 7) is 0. The van der Waals surface area contributed by atoms with Crippen LogP contribution in [0.15, 0.2) is 17.3 Å². The van der Waals surface area contributed by atoms with Crippen molar-refractivity contribution in [2.75, 3.05) is 10.1 Å². The van der Waals surface area contributed by atoms with Crippen LogP contribution in [-0.2, 0) is 22.9 Å². The second-order valence-electron chi connectivity index (χ2n) is 4.23. The third-order valence-electron chi connectivity index (χ3n) is 2.88. The Morgan fingerprint density at radius 3 is 2.65 bits per heavy atom. The van der Waals surface area contributed by atoms with Gasteiger partial charge in [-0.2, -0.15) is 0 Å². The van der Waals surface area contributed by atoms with E-state index in [1.54, 1.807) is 0 Å². The number of thiazole rings is 1. The van der Waals surface area contributed by atoms with E-state index in [0.717, 1.165) is 29.8 Å². The molecule has 2 heterocycles. The Morgan fingerprint density at radius 1 is 1.25 bits per heavy atom. The average Bonchev–Trinajstić information content (AvgIpc) is 2.99. The number of nitrogens with zero attached hydrogens (tertiary/aromatic N) is 3. The number of sulfonamides is 1. The summed E-state index contributed by atoms with van der Waals surface area (Å²) in [6.07, 6.45) is 5.34. The predicted molar refractivity (Wildman–Crippen MR) is 74.8 cm³/mol. The number of hydrazine groups is 1. The maximum Gasteiger partial charge on any atom is 0.266 e. The molecule has 0 saturated carbocycles. The Kier molecular flexibility index (Phi) is 3.28. The van der Waals surface area contributed by atoms with Gasteiger partial charge in [-0.25, -0.2) is 29.2 Å². The van der Waals surface area contributed by atoms with Gasteiger partial charge in [-0.15, -0.1) is 11.3 Å². The van der Waals surface area contributed by atoms with Gasteiger partial charge in [-0.3, -0.25) is 10.1 Å². The molecule has 0 saturated heterocycles. The van der Waals surface area contributed by atoms with Crippen LogP contribution in [0.3, 0.4) is 0 Å². The molecule has 0 fully saturated rings. The van der Waals surface area contributed by atoms with Crippen molar-refractivity contribution in [3.05, 3.63) is 23.0 Å². The zero-order valence-corrected chi connectivity index (χ0v) is 12.0. The van der Waals surface area contributed by atoms with Gasteiger partial charge >= 0.3 is 0 Å². The molecule has 20 heavy (non-hydrogen) atoms. The number of hydrogen-bond acceptors (Lipinski definition) is 8. The summed E-state index contributed by atoms with van der Waals surface area (Å²) in [5.41, 5.74) is 3.23. The van der Waals surface area contributed by atoms with Crippen molar-refractivity contribution in [3.8, 4) is 0 Å². The fourth-order valence-corrected chi connectivity index (χ4v) is 4.11. The molecule has 1 aliphatic carbocycles. The third kappa shape index (κ3) is 2.44. The highest BCUT2D eigenvalue weighted by molar-refractivity contribution is 7.93. The minimum atomic E-state index is -3.72. The summed E-state index contributed by atoms with van der Waals surface area (Å²) < 4.78 is 26.8. The SMILES string of the molecule is NNc1ncc(S(=O)(=O)Nc2nc3c(s2)CCC3)cn1. The number of nitrogens with two attached hydrogens (primary N) is 1. The zero-order valence-electron chi connectivity index (χ0n) is 10.3. The second-order valence-corrected chi connectivity index (χ2v) is 7.00. The molecule has 0 aliphatic heterocycles. The van der Waals surface area contributed by atoms with Gasteiger partial charge in [-0.05, 0) is 19.3 Å². The first kappa shape index (κ1) is 13.2. The number of anilines is 2. The fourth-order valence-electron chi connectivity index (χ4n) is 1.94. The number of aryl methyl sites for hydroxylation is 2. The van der Waals surface area contributed by atoms with Crippen LogP contribution < -0.4 is 16.0 Å². The topological polar surface area (TPSA) is 123 Å². The average molecular weight is 312 g/mol. The van der Waals surface area contributed by atoms with Crippen molar-refractivity contribution >= 4 is 32.4 Å². The third-order valence-corrected chi connectivity index (χ3v) is 5.38. The highest BCUT2D eigenvalue weighted by Crippen LogP contribution is 2.31. The normalized spacial score (nSPS) is 14.1. The van der Waals surface area contributed by atoms with Crippen LogP contribution in [0.25, 0.3) is 0 Å². The first-order valence-electron chi connectivity index (χ1n) is 5.88. The second kappa shape index (κ2) is 4.96. The van der Waals surface area contributed by atoms with Crippen molar-refractivity contribution in [2.45, 2.75) is 24.2 Å². The van der Waals surface area contributed by atoms with Crippen LogP contribution >= 0.6 is 11.3 Å². The molecule has 3 rings (SSSR count). The molecule has 106 valence electrons. The largest absolute Gasteiger partial charge is 0.292 e. The molecular weight excluding hydrogens is 300 g/mol. The van der Waals surface area contributed by atoms with Gasteiger partial charge in [0.15, 0.2) is 5.13 Å². The first-order valence-corrected chi connectivity index (χ1v) is 8.18. The summed E-state index contributed by atoms with van der Waals surface area (Å²) in [5, 5.41) is 0.385. The van der Waals surface area contributed by atoms with Gasteiger partial charge in [0.1, 0.15) is 4.90 Å². The lowest BCUT2D eigenvalue weighted by Gasteiger charge is -2.05. The van der Waals surface area contributed by atoms with E-state index in [9.17, 15) is 8.42 Å². The number of hydrogen-bond donors (Lipinski definition) is 3. The van der Waals surface area contributed by atoms with Crippen molar-refractivity contribution in [1.29, 1.82) is 0 Å². The molecule has 0 bridgehead atoms. The van der Waals surface area contributed by atoms with Gasteiger partial charge in [0.2, 0.25) is 5.95 Å². The maximum absolute atomic E-state index is 12.2. The van der Waals surface area contributed by atoms with Crippen molar-refractivity contribution in [1.82, 2.24) is 15.0 Å². The number of rotatable bonds is 4. The summed E-state index contributed by atoms with van der Waals surface area (Å²) in [4.78, 5) is 13.0. The molecule has 0 amide bonds. The molecule has 4 N–H and O–H groups in total. The van der Waals surface area contributed by atoms with Crippen LogP contribution in [0, 0.1) is 0 Å². The molecule has 2 aromatic rings. The van der Waals surface area contributed by atoms with E-state index in [1.165, 1.54) is 23.7 Å². The van der Waals surface area contributed by atoms with E-state index in [-0.39, 0.29) is 10.8 Å². The molecule has 0 atom stereocenters. The Balaban J connectivity index is 1.83. The van der Waals surface area contributed by atoms with Crippen LogP contribution in [0.1, 0.15) is 17.0 Å². The van der Waals surface area contributed by atoms with E-state index >= 15 is 0 Å². The molecule has 0 spiro atoms. The Bertz CT molecular complexity index is 703. The van der Waals surface area contributed by atoms with Crippen molar-refractivity contribution in [2.24, 2.45) is 5.84 Å². The maximum atomic E-state index is 12.2. The predicted octanol–water partition coefficient (Wildman–Crippen LogP) is 0.508. The van der Waals surface area contributed by atoms with Crippen LogP contribution in [0.2, 0.25) is 0 Å². The zero-order chi connectivity index (χ0) is 14.2. The Morgan fingerprint density at radius 2 is 2.00 bits per heavy atom. The molecule has 1 aliphatic rings. The van der Waals surface area contributed by atoms with Crippen molar-refractivity contribution in [3.63, 3.8) is 0 Å². The lowest BCUT2D eigenvalue weighted by Crippen LogP contribution is -2.15. The van der Waals surface area contributed by atoms with E-state index in [0.29, 0.717) is 5.13 Å². The standard InChI is InChI=1S/C10H12N6O2S2/c11-15-9-12-4-6(5-13-9)20(17,18)16-10-14-7-2-1-3-8(7)19-10/h4-5H,1-3,11H2,(H,14,16)(H,12,13,15). The summed E-state index contributed by atoms with van der Waals surface area (Å²) in [5.74, 6) is 5.28. The highest BCUT2D eigenvalue weighted by Gasteiger charge is 2.21. The fraction of sp³-hybridized carbons (Fsp3) is 0.300. The molecule has 0 radical (unpaired) electrons. The molecule has 10 heteroatoms. The number of aromatic nitrogens is 3.